The molecule has 11 heavy (non-hydrogen) atoms. The summed E-state index contributed by atoms with van der Waals surface area (Å²) >= 11 is 0. The first-order valence-corrected chi connectivity index (χ1v) is 4.21. The topological polar surface area (TPSA) is 20.3 Å². The van der Waals surface area contributed by atoms with Crippen LogP contribution < -0.4 is 0 Å². The number of hydrogen-bond donors (Lipinski definition) is 0. The van der Waals surface area contributed by atoms with Crippen LogP contribution in [0.25, 0.3) is 0 Å². The van der Waals surface area contributed by atoms with E-state index in [2.05, 4.69) is 0 Å². The fourth-order valence-corrected chi connectivity index (χ4v) is 2.04. The molecule has 0 N–H and O–H groups in total. The summed E-state index contributed by atoms with van der Waals surface area (Å²) in [5.74, 6) is 0.224. The standard InChI is InChI=1S/C8H12FNO/c9-6-3-4-10-7(5-6)1-2-8(10)11/h6-7H,1-5H2/t6-,7-/m0/s1. The molecule has 2 nitrogen and oxygen atoms in total. The van der Waals surface area contributed by atoms with Crippen molar-refractivity contribution in [3.8, 4) is 0 Å². The summed E-state index contributed by atoms with van der Waals surface area (Å²) < 4.78 is 12.8. The van der Waals surface area contributed by atoms with E-state index in [4.69, 9.17) is 0 Å². The second-order valence-electron chi connectivity index (χ2n) is 3.40. The lowest BCUT2D eigenvalue weighted by Crippen LogP contribution is -2.40. The Kier molecular flexibility index (Phi) is 1.59. The van der Waals surface area contributed by atoms with Crippen LogP contribution >= 0.6 is 0 Å². The molecule has 2 heterocycles. The largest absolute Gasteiger partial charge is 0.339 e. The van der Waals surface area contributed by atoms with Crippen LogP contribution in [0.5, 0.6) is 0 Å². The van der Waals surface area contributed by atoms with Gasteiger partial charge in [0, 0.05) is 19.0 Å². The first-order valence-electron chi connectivity index (χ1n) is 4.21. The smallest absolute Gasteiger partial charge is 0.222 e. The van der Waals surface area contributed by atoms with E-state index in [9.17, 15) is 9.18 Å². The lowest BCUT2D eigenvalue weighted by molar-refractivity contribution is -0.130. The Labute approximate surface area is 65.4 Å². The number of hydrogen-bond acceptors (Lipinski definition) is 1. The van der Waals surface area contributed by atoms with Gasteiger partial charge in [-0.25, -0.2) is 4.39 Å². The highest BCUT2D eigenvalue weighted by Gasteiger charge is 2.35. The Morgan fingerprint density at radius 1 is 1.45 bits per heavy atom. The summed E-state index contributed by atoms with van der Waals surface area (Å²) in [7, 11) is 0. The van der Waals surface area contributed by atoms with Gasteiger partial charge in [-0.3, -0.25) is 4.79 Å². The Bertz CT molecular complexity index is 183. The Balaban J connectivity index is 2.06. The number of halogens is 1. The number of carbonyl (C=O) groups excluding carboxylic acids is 1. The molecule has 2 atom stereocenters. The fourth-order valence-electron chi connectivity index (χ4n) is 2.04. The van der Waals surface area contributed by atoms with Crippen molar-refractivity contribution < 1.29 is 9.18 Å². The number of rotatable bonds is 0. The minimum absolute atomic E-state index is 0.224. The van der Waals surface area contributed by atoms with Crippen LogP contribution in [0.1, 0.15) is 25.7 Å². The summed E-state index contributed by atoms with van der Waals surface area (Å²) in [5.41, 5.74) is 0. The van der Waals surface area contributed by atoms with E-state index in [1.54, 1.807) is 0 Å². The molecule has 0 saturated carbocycles. The fraction of sp³-hybridized carbons (Fsp3) is 0.875. The van der Waals surface area contributed by atoms with Gasteiger partial charge in [0.15, 0.2) is 0 Å². The van der Waals surface area contributed by atoms with Crippen molar-refractivity contribution in [3.05, 3.63) is 0 Å². The van der Waals surface area contributed by atoms with Crippen LogP contribution in [-0.2, 0) is 4.79 Å². The predicted octanol–water partition coefficient (Wildman–Crippen LogP) is 1.11. The molecule has 62 valence electrons. The lowest BCUT2D eigenvalue weighted by atomic mass is 10.0. The molecule has 2 rings (SSSR count). The maximum atomic E-state index is 12.8. The minimum Gasteiger partial charge on any atom is -0.339 e. The number of carbonyl (C=O) groups is 1. The molecule has 0 unspecified atom stereocenters. The van der Waals surface area contributed by atoms with Crippen LogP contribution in [-0.4, -0.2) is 29.6 Å². The molecule has 2 saturated heterocycles. The van der Waals surface area contributed by atoms with Crippen molar-refractivity contribution in [2.24, 2.45) is 0 Å². The number of amides is 1. The van der Waals surface area contributed by atoms with E-state index >= 15 is 0 Å². The molecule has 0 spiro atoms. The van der Waals surface area contributed by atoms with E-state index in [1.807, 2.05) is 4.90 Å². The zero-order valence-electron chi connectivity index (χ0n) is 6.42. The average Bonchev–Trinajstić information content (AvgIpc) is 2.32. The second kappa shape index (κ2) is 2.47. The van der Waals surface area contributed by atoms with Crippen LogP contribution in [0, 0.1) is 0 Å². The van der Waals surface area contributed by atoms with Crippen molar-refractivity contribution in [2.75, 3.05) is 6.54 Å². The van der Waals surface area contributed by atoms with Gasteiger partial charge in [-0.2, -0.15) is 0 Å². The Morgan fingerprint density at radius 3 is 3.09 bits per heavy atom. The first-order chi connectivity index (χ1) is 5.27. The minimum atomic E-state index is -0.665. The van der Waals surface area contributed by atoms with Crippen molar-refractivity contribution in [1.29, 1.82) is 0 Å². The molecule has 2 fully saturated rings. The molecular formula is C8H12FNO. The third-order valence-corrected chi connectivity index (χ3v) is 2.66. The van der Waals surface area contributed by atoms with Gasteiger partial charge in [-0.1, -0.05) is 0 Å². The molecular weight excluding hydrogens is 145 g/mol. The maximum absolute atomic E-state index is 12.8. The number of fused-ring (bicyclic) bond motifs is 1. The maximum Gasteiger partial charge on any atom is 0.222 e. The van der Waals surface area contributed by atoms with Gasteiger partial charge < -0.3 is 4.90 Å². The third-order valence-electron chi connectivity index (χ3n) is 2.66. The normalized spacial score (nSPS) is 37.5. The average molecular weight is 157 g/mol. The van der Waals surface area contributed by atoms with E-state index in [0.717, 1.165) is 6.42 Å². The molecule has 2 aliphatic rings. The van der Waals surface area contributed by atoms with Gasteiger partial charge in [0.25, 0.3) is 0 Å². The number of piperidine rings is 1. The molecule has 0 aliphatic carbocycles. The molecule has 1 amide bonds. The zero-order valence-corrected chi connectivity index (χ0v) is 6.42. The zero-order chi connectivity index (χ0) is 7.84. The highest BCUT2D eigenvalue weighted by atomic mass is 19.1. The highest BCUT2D eigenvalue weighted by Crippen LogP contribution is 2.28. The van der Waals surface area contributed by atoms with Crippen molar-refractivity contribution in [2.45, 2.75) is 37.9 Å². The van der Waals surface area contributed by atoms with Crippen LogP contribution in [0.3, 0.4) is 0 Å². The van der Waals surface area contributed by atoms with Gasteiger partial charge in [0.1, 0.15) is 6.17 Å². The summed E-state index contributed by atoms with van der Waals surface area (Å²) in [6.45, 7) is 0.644. The lowest BCUT2D eigenvalue weighted by Gasteiger charge is -2.31. The SMILES string of the molecule is O=C1CC[C@H]2C[C@@H](F)CCN12. The summed E-state index contributed by atoms with van der Waals surface area (Å²) in [6, 6.07) is 0.228. The Hall–Kier alpha value is -0.600. The molecule has 0 bridgehead atoms. The molecule has 0 aromatic carbocycles. The van der Waals surface area contributed by atoms with E-state index in [1.165, 1.54) is 0 Å². The predicted molar refractivity (Wildman–Crippen MR) is 38.9 cm³/mol. The van der Waals surface area contributed by atoms with Gasteiger partial charge >= 0.3 is 0 Å². The summed E-state index contributed by atoms with van der Waals surface area (Å²) in [4.78, 5) is 13.0. The van der Waals surface area contributed by atoms with Crippen molar-refractivity contribution in [1.82, 2.24) is 4.90 Å². The molecule has 0 aromatic rings. The molecule has 2 aliphatic heterocycles. The third kappa shape index (κ3) is 1.12. The summed E-state index contributed by atoms with van der Waals surface area (Å²) in [6.07, 6.45) is 1.96. The molecule has 0 aromatic heterocycles. The summed E-state index contributed by atoms with van der Waals surface area (Å²) in [5, 5.41) is 0. The van der Waals surface area contributed by atoms with Gasteiger partial charge in [-0.05, 0) is 19.3 Å². The van der Waals surface area contributed by atoms with E-state index in [-0.39, 0.29) is 11.9 Å². The number of nitrogens with zero attached hydrogens (tertiary/aromatic N) is 1. The van der Waals surface area contributed by atoms with E-state index in [0.29, 0.717) is 25.8 Å². The van der Waals surface area contributed by atoms with Gasteiger partial charge in [-0.15, -0.1) is 0 Å². The Morgan fingerprint density at radius 2 is 2.27 bits per heavy atom. The van der Waals surface area contributed by atoms with Gasteiger partial charge in [0.2, 0.25) is 5.91 Å². The number of alkyl halides is 1. The highest BCUT2D eigenvalue weighted by molar-refractivity contribution is 5.78. The second-order valence-corrected chi connectivity index (χ2v) is 3.40. The van der Waals surface area contributed by atoms with Crippen molar-refractivity contribution >= 4 is 5.91 Å². The monoisotopic (exact) mass is 157 g/mol. The van der Waals surface area contributed by atoms with Crippen molar-refractivity contribution in [3.63, 3.8) is 0 Å². The quantitative estimate of drug-likeness (QED) is 0.515. The van der Waals surface area contributed by atoms with Crippen LogP contribution in [0.4, 0.5) is 4.39 Å². The molecule has 3 heteroatoms. The first kappa shape index (κ1) is 7.07. The van der Waals surface area contributed by atoms with Crippen LogP contribution in [0.2, 0.25) is 0 Å². The van der Waals surface area contributed by atoms with Gasteiger partial charge in [0.05, 0.1) is 0 Å². The van der Waals surface area contributed by atoms with Crippen LogP contribution in [0.15, 0.2) is 0 Å². The van der Waals surface area contributed by atoms with E-state index < -0.39 is 6.17 Å². The molecule has 0 radical (unpaired) electrons.